The van der Waals surface area contributed by atoms with Gasteiger partial charge in [-0.15, -0.1) is 0 Å². The van der Waals surface area contributed by atoms with Gasteiger partial charge < -0.3 is 13.6 Å². The summed E-state index contributed by atoms with van der Waals surface area (Å²) in [5.41, 5.74) is 2.31. The molecule has 3 rings (SSSR count). The molecular weight excluding hydrogens is 589 g/mol. The zero-order valence-corrected chi connectivity index (χ0v) is 32.5. The predicted molar refractivity (Wildman–Crippen MR) is 195 cm³/mol. The van der Waals surface area contributed by atoms with Gasteiger partial charge in [-0.25, -0.2) is 0 Å². The molecule has 0 radical (unpaired) electrons. The van der Waals surface area contributed by atoms with Gasteiger partial charge in [-0.2, -0.15) is 0 Å². The molecule has 0 aromatic heterocycles. The highest BCUT2D eigenvalue weighted by Gasteiger charge is 2.48. The minimum atomic E-state index is -2.06. The molecule has 0 bridgehead atoms. The highest BCUT2D eigenvalue weighted by molar-refractivity contribution is 6.74. The van der Waals surface area contributed by atoms with E-state index in [0.717, 1.165) is 42.6 Å². The second kappa shape index (κ2) is 15.9. The normalized spacial score (nSPS) is 20.4. The number of carbonyl (C=O) groups is 1. The van der Waals surface area contributed by atoms with Gasteiger partial charge in [0.25, 0.3) is 0 Å². The molecule has 0 amide bonds. The highest BCUT2D eigenvalue weighted by Crippen LogP contribution is 2.45. The van der Waals surface area contributed by atoms with Crippen LogP contribution >= 0.6 is 0 Å². The first-order valence-electron chi connectivity index (χ1n) is 17.6. The molecule has 1 saturated carbocycles. The molecule has 1 fully saturated rings. The van der Waals surface area contributed by atoms with Crippen molar-refractivity contribution in [3.8, 4) is 5.75 Å². The smallest absolute Gasteiger partial charge is 0.192 e. The number of rotatable bonds is 16. The topological polar surface area (TPSA) is 44.8 Å². The highest BCUT2D eigenvalue weighted by atomic mass is 28.4. The number of Topliss-reactive ketones (excluding diaryl/α,β-unsaturated/α-hetero) is 1. The van der Waals surface area contributed by atoms with E-state index in [0.29, 0.717) is 18.8 Å². The van der Waals surface area contributed by atoms with Crippen molar-refractivity contribution in [2.45, 2.75) is 155 Å². The van der Waals surface area contributed by atoms with Gasteiger partial charge in [0, 0.05) is 18.4 Å². The van der Waals surface area contributed by atoms with Crippen molar-refractivity contribution in [3.05, 3.63) is 65.7 Å². The van der Waals surface area contributed by atoms with Crippen LogP contribution in [0.1, 0.15) is 105 Å². The summed E-state index contributed by atoms with van der Waals surface area (Å²) in [4.78, 5) is 13.8. The van der Waals surface area contributed by atoms with Crippen molar-refractivity contribution in [1.82, 2.24) is 0 Å². The molecule has 6 heteroatoms. The number of ketones is 1. The molecule has 4 nitrogen and oxygen atoms in total. The molecule has 1 aliphatic carbocycles. The van der Waals surface area contributed by atoms with E-state index >= 15 is 0 Å². The zero-order chi connectivity index (χ0) is 33.5. The second-order valence-corrected chi connectivity index (χ2v) is 26.1. The van der Waals surface area contributed by atoms with Gasteiger partial charge in [-0.05, 0) is 91.1 Å². The van der Waals surface area contributed by atoms with Crippen LogP contribution in [0.25, 0.3) is 0 Å². The first-order chi connectivity index (χ1) is 20.9. The van der Waals surface area contributed by atoms with Crippen molar-refractivity contribution < 1.29 is 18.4 Å². The Balaban J connectivity index is 1.83. The maximum Gasteiger partial charge on any atom is 0.192 e. The van der Waals surface area contributed by atoms with Gasteiger partial charge in [0.15, 0.2) is 16.6 Å². The molecule has 0 unspecified atom stereocenters. The molecule has 4 atom stereocenters. The van der Waals surface area contributed by atoms with E-state index < -0.39 is 16.6 Å². The largest absolute Gasteiger partial charge is 0.489 e. The first kappa shape index (κ1) is 37.7. The third-order valence-corrected chi connectivity index (χ3v) is 19.9. The lowest BCUT2D eigenvalue weighted by Gasteiger charge is -2.41. The summed E-state index contributed by atoms with van der Waals surface area (Å²) in [6, 6.07) is 18.6. The number of unbranched alkanes of at least 4 members (excludes halogenated alkanes) is 2. The molecule has 0 saturated heterocycles. The molecule has 1 aliphatic rings. The molecule has 0 N–H and O–H groups in total. The van der Waals surface area contributed by atoms with Crippen LogP contribution in [0, 0.1) is 11.8 Å². The third-order valence-electron chi connectivity index (χ3n) is 10.9. The SMILES string of the molecule is CCCCC[C@H](CC[C@H]1[C@H](O[Si](C)(C)C(C)(C)C)CC(=O)[C@@H]1Cc1cccc(OCc2ccccc2)c1)O[Si](C)(C)C(C)(C)C. The van der Waals surface area contributed by atoms with Crippen LogP contribution in [-0.4, -0.2) is 34.6 Å². The summed E-state index contributed by atoms with van der Waals surface area (Å²) in [7, 11) is -3.98. The molecule has 2 aromatic carbocycles. The van der Waals surface area contributed by atoms with Gasteiger partial charge in [0.2, 0.25) is 0 Å². The van der Waals surface area contributed by atoms with E-state index in [4.69, 9.17) is 13.6 Å². The third kappa shape index (κ3) is 10.9. The number of ether oxygens (including phenoxy) is 1. The molecule has 0 aliphatic heterocycles. The summed E-state index contributed by atoms with van der Waals surface area (Å²) in [6.07, 6.45) is 8.16. The number of benzene rings is 2. The van der Waals surface area contributed by atoms with Gasteiger partial charge in [0.1, 0.15) is 18.1 Å². The van der Waals surface area contributed by atoms with E-state index in [-0.39, 0.29) is 34.1 Å². The lowest BCUT2D eigenvalue weighted by Crippen LogP contribution is -2.46. The fourth-order valence-electron chi connectivity index (χ4n) is 5.95. The van der Waals surface area contributed by atoms with Crippen LogP contribution in [0.4, 0.5) is 0 Å². The molecule has 0 heterocycles. The average Bonchev–Trinajstić information content (AvgIpc) is 3.22. The van der Waals surface area contributed by atoms with Crippen LogP contribution in [-0.2, 0) is 26.7 Å². The van der Waals surface area contributed by atoms with Crippen LogP contribution < -0.4 is 4.74 Å². The van der Waals surface area contributed by atoms with Crippen LogP contribution in [0.15, 0.2) is 54.6 Å². The van der Waals surface area contributed by atoms with Crippen LogP contribution in [0.2, 0.25) is 36.3 Å². The van der Waals surface area contributed by atoms with Crippen molar-refractivity contribution in [1.29, 1.82) is 0 Å². The number of hydrogen-bond donors (Lipinski definition) is 0. The summed E-state index contributed by atoms with van der Waals surface area (Å²) >= 11 is 0. The van der Waals surface area contributed by atoms with Crippen molar-refractivity contribution in [2.24, 2.45) is 11.8 Å². The van der Waals surface area contributed by atoms with Crippen LogP contribution in [0.5, 0.6) is 5.75 Å². The van der Waals surface area contributed by atoms with Crippen LogP contribution in [0.3, 0.4) is 0 Å². The van der Waals surface area contributed by atoms with Crippen molar-refractivity contribution >= 4 is 22.4 Å². The van der Waals surface area contributed by atoms with Crippen molar-refractivity contribution in [2.75, 3.05) is 0 Å². The average molecular weight is 653 g/mol. The molecule has 252 valence electrons. The maximum atomic E-state index is 13.8. The standard InChI is InChI=1S/C39H64O4Si2/c1-12-13-15-22-32(42-44(8,9)38(2,3)4)24-25-34-35(36(40)28-37(34)43-45(10,11)39(5,6)7)27-31-21-18-23-33(26-31)41-29-30-19-16-14-17-20-30/h14,16-21,23,26,32,34-35,37H,12-13,15,22,24-25,27-29H2,1-11H3/t32-,34-,35-,37-/m1/s1. The van der Waals surface area contributed by atoms with E-state index in [1.807, 2.05) is 24.3 Å². The Morgan fingerprint density at radius 2 is 1.47 bits per heavy atom. The molecule has 2 aromatic rings. The Morgan fingerprint density at radius 1 is 0.822 bits per heavy atom. The predicted octanol–water partition coefficient (Wildman–Crippen LogP) is 11.2. The Labute approximate surface area is 278 Å². The maximum absolute atomic E-state index is 13.8. The summed E-state index contributed by atoms with van der Waals surface area (Å²) < 4.78 is 20.3. The fourth-order valence-corrected chi connectivity index (χ4v) is 8.74. The first-order valence-corrected chi connectivity index (χ1v) is 23.4. The zero-order valence-electron chi connectivity index (χ0n) is 30.5. The Hall–Kier alpha value is -1.74. The van der Waals surface area contributed by atoms with E-state index in [2.05, 4.69) is 105 Å². The Morgan fingerprint density at radius 3 is 2.09 bits per heavy atom. The van der Waals surface area contributed by atoms with E-state index in [1.54, 1.807) is 0 Å². The van der Waals surface area contributed by atoms with E-state index in [1.165, 1.54) is 19.3 Å². The lowest BCUT2D eigenvalue weighted by atomic mass is 9.84. The monoisotopic (exact) mass is 652 g/mol. The van der Waals surface area contributed by atoms with Gasteiger partial charge in [-0.1, -0.05) is 110 Å². The van der Waals surface area contributed by atoms with Gasteiger partial charge in [0.05, 0.1) is 6.10 Å². The number of carbonyl (C=O) groups excluding carboxylic acids is 1. The molecule has 45 heavy (non-hydrogen) atoms. The number of hydrogen-bond acceptors (Lipinski definition) is 4. The summed E-state index contributed by atoms with van der Waals surface area (Å²) in [5.74, 6) is 1.35. The minimum absolute atomic E-state index is 0.0231. The molecule has 0 spiro atoms. The lowest BCUT2D eigenvalue weighted by molar-refractivity contribution is -0.121. The van der Waals surface area contributed by atoms with E-state index in [9.17, 15) is 4.79 Å². The van der Waals surface area contributed by atoms with Gasteiger partial charge in [-0.3, -0.25) is 4.79 Å². The minimum Gasteiger partial charge on any atom is -0.489 e. The summed E-state index contributed by atoms with van der Waals surface area (Å²) in [5, 5.41) is 0.265. The quantitative estimate of drug-likeness (QED) is 0.134. The summed E-state index contributed by atoms with van der Waals surface area (Å²) in [6.45, 7) is 26.1. The second-order valence-electron chi connectivity index (χ2n) is 16.6. The molecular formula is C39H64O4Si2. The van der Waals surface area contributed by atoms with Gasteiger partial charge >= 0.3 is 0 Å². The van der Waals surface area contributed by atoms with Crippen molar-refractivity contribution in [3.63, 3.8) is 0 Å². The Kier molecular flexibility index (Phi) is 13.3. The fraction of sp³-hybridized carbons (Fsp3) is 0.667. The Bertz CT molecular complexity index is 1200.